The van der Waals surface area contributed by atoms with Crippen molar-refractivity contribution in [3.05, 3.63) is 29.8 Å². The van der Waals surface area contributed by atoms with Gasteiger partial charge < -0.3 is 25.2 Å². The summed E-state index contributed by atoms with van der Waals surface area (Å²) in [7, 11) is 0. The number of benzene rings is 1. The molecule has 154 valence electrons. The minimum atomic E-state index is -0.543. The van der Waals surface area contributed by atoms with Crippen LogP contribution in [0, 0.1) is 0 Å². The summed E-state index contributed by atoms with van der Waals surface area (Å²) in [6, 6.07) is 7.40. The molecule has 0 unspecified atom stereocenters. The first-order chi connectivity index (χ1) is 13.4. The maximum absolute atomic E-state index is 9.35. The molecule has 0 aliphatic rings. The predicted molar refractivity (Wildman–Crippen MR) is 103 cm³/mol. The van der Waals surface area contributed by atoms with Crippen molar-refractivity contribution in [2.75, 3.05) is 36.7 Å². The minimum Gasteiger partial charge on any atom is -0.424 e. The summed E-state index contributed by atoms with van der Waals surface area (Å²) < 4.78 is 5.70. The summed E-state index contributed by atoms with van der Waals surface area (Å²) in [4.78, 5) is 14.3. The lowest BCUT2D eigenvalue weighted by Gasteiger charge is -2.23. The van der Waals surface area contributed by atoms with Crippen LogP contribution in [-0.2, 0) is 5.41 Å². The molecule has 4 N–H and O–H groups in total. The van der Waals surface area contributed by atoms with Crippen molar-refractivity contribution < 1.29 is 25.2 Å². The van der Waals surface area contributed by atoms with Gasteiger partial charge in [-0.1, -0.05) is 32.9 Å². The van der Waals surface area contributed by atoms with Crippen molar-refractivity contribution >= 4 is 11.9 Å². The third kappa shape index (κ3) is 5.04. The van der Waals surface area contributed by atoms with Crippen molar-refractivity contribution in [3.8, 4) is 11.8 Å². The molecule has 0 aliphatic carbocycles. The highest BCUT2D eigenvalue weighted by Gasteiger charge is 2.19. The van der Waals surface area contributed by atoms with Gasteiger partial charge in [-0.05, 0) is 29.5 Å². The van der Waals surface area contributed by atoms with Gasteiger partial charge >= 0.3 is 6.01 Å². The molecule has 1 aromatic heterocycles. The van der Waals surface area contributed by atoms with Crippen LogP contribution in [0.15, 0.2) is 24.3 Å². The smallest absolute Gasteiger partial charge is 0.328 e. The van der Waals surface area contributed by atoms with Gasteiger partial charge in [-0.15, -0.1) is 0 Å². The third-order valence-electron chi connectivity index (χ3n) is 4.57. The quantitative estimate of drug-likeness (QED) is 0.428. The zero-order valence-corrected chi connectivity index (χ0v) is 16.3. The molecule has 2 rings (SSSR count). The van der Waals surface area contributed by atoms with E-state index in [1.807, 2.05) is 12.1 Å². The Kier molecular flexibility index (Phi) is 7.46. The number of aliphatic hydroxyl groups is 4. The second-order valence-corrected chi connectivity index (χ2v) is 6.73. The van der Waals surface area contributed by atoms with E-state index < -0.39 is 26.9 Å². The van der Waals surface area contributed by atoms with Gasteiger partial charge in [0, 0.05) is 0 Å². The first-order valence-electron chi connectivity index (χ1n) is 8.86. The molecule has 10 nitrogen and oxygen atoms in total. The summed E-state index contributed by atoms with van der Waals surface area (Å²) in [5, 5.41) is 37.4. The Morgan fingerprint density at radius 3 is 1.68 bits per heavy atom. The maximum atomic E-state index is 9.35. The number of rotatable bonds is 10. The molecule has 0 atom stereocenters. The van der Waals surface area contributed by atoms with Crippen LogP contribution in [-0.4, -0.2) is 62.3 Å². The van der Waals surface area contributed by atoms with Crippen molar-refractivity contribution in [2.24, 2.45) is 0 Å². The van der Waals surface area contributed by atoms with Crippen LogP contribution in [0.2, 0.25) is 0 Å². The Morgan fingerprint density at radius 2 is 1.29 bits per heavy atom. The van der Waals surface area contributed by atoms with Crippen LogP contribution in [0.1, 0.15) is 32.8 Å². The van der Waals surface area contributed by atoms with Gasteiger partial charge in [0.1, 0.15) is 32.7 Å². The lowest BCUT2D eigenvalue weighted by atomic mass is 9.82. The summed E-state index contributed by atoms with van der Waals surface area (Å²) in [5.41, 5.74) is 1.20. The van der Waals surface area contributed by atoms with Crippen LogP contribution in [0.5, 0.6) is 11.8 Å². The molecule has 1 aromatic carbocycles. The standard InChI is InChI=1S/C18H27N5O5/c1-4-18(2,3)13-5-7-14(8-6-13)28-17-20-15(22(9-24)10-25)19-16(21-17)23(11-26)12-27/h5-8,24-27H,4,9-12H2,1-3H3. The summed E-state index contributed by atoms with van der Waals surface area (Å²) in [6.45, 7) is 4.27. The van der Waals surface area contributed by atoms with E-state index >= 15 is 0 Å². The number of aliphatic hydroxyl groups excluding tert-OH is 4. The van der Waals surface area contributed by atoms with E-state index in [2.05, 4.69) is 35.7 Å². The van der Waals surface area contributed by atoms with E-state index in [0.29, 0.717) is 5.75 Å². The molecule has 1 heterocycles. The number of hydrogen-bond donors (Lipinski definition) is 4. The molecule has 0 aliphatic heterocycles. The van der Waals surface area contributed by atoms with E-state index in [1.165, 1.54) is 0 Å². The summed E-state index contributed by atoms with van der Waals surface area (Å²) >= 11 is 0. The van der Waals surface area contributed by atoms with Crippen LogP contribution in [0.3, 0.4) is 0 Å². The van der Waals surface area contributed by atoms with E-state index in [0.717, 1.165) is 21.8 Å². The van der Waals surface area contributed by atoms with Gasteiger partial charge in [-0.25, -0.2) is 0 Å². The predicted octanol–water partition coefficient (Wildman–Crippen LogP) is 0.763. The molecule has 0 spiro atoms. The van der Waals surface area contributed by atoms with Gasteiger partial charge in [-0.3, -0.25) is 9.80 Å². The molecular formula is C18H27N5O5. The number of nitrogens with zero attached hydrogens (tertiary/aromatic N) is 5. The molecule has 0 radical (unpaired) electrons. The summed E-state index contributed by atoms with van der Waals surface area (Å²) in [6.07, 6.45) is 0.990. The van der Waals surface area contributed by atoms with Crippen LogP contribution < -0.4 is 14.5 Å². The third-order valence-corrected chi connectivity index (χ3v) is 4.57. The van der Waals surface area contributed by atoms with Gasteiger partial charge in [0.15, 0.2) is 0 Å². The number of anilines is 2. The van der Waals surface area contributed by atoms with Gasteiger partial charge in [0.05, 0.1) is 0 Å². The van der Waals surface area contributed by atoms with E-state index in [9.17, 15) is 20.4 Å². The SMILES string of the molecule is CCC(C)(C)c1ccc(Oc2nc(N(CO)CO)nc(N(CO)CO)n2)cc1. The molecular weight excluding hydrogens is 366 g/mol. The van der Waals surface area contributed by atoms with Crippen LogP contribution in [0.25, 0.3) is 0 Å². The lowest BCUT2D eigenvalue weighted by molar-refractivity contribution is 0.216. The zero-order chi connectivity index (χ0) is 20.7. The fourth-order valence-electron chi connectivity index (χ4n) is 2.29. The van der Waals surface area contributed by atoms with Gasteiger partial charge in [-0.2, -0.15) is 15.0 Å². The van der Waals surface area contributed by atoms with Gasteiger partial charge in [0.25, 0.3) is 0 Å². The monoisotopic (exact) mass is 393 g/mol. The largest absolute Gasteiger partial charge is 0.424 e. The molecule has 10 heteroatoms. The maximum Gasteiger partial charge on any atom is 0.328 e. The van der Waals surface area contributed by atoms with Crippen molar-refractivity contribution in [1.82, 2.24) is 15.0 Å². The summed E-state index contributed by atoms with van der Waals surface area (Å²) in [5.74, 6) is 0.346. The topological polar surface area (TPSA) is 135 Å². The molecule has 0 saturated heterocycles. The van der Waals surface area contributed by atoms with Crippen molar-refractivity contribution in [1.29, 1.82) is 0 Å². The van der Waals surface area contributed by atoms with E-state index in [-0.39, 0.29) is 23.3 Å². The highest BCUT2D eigenvalue weighted by molar-refractivity contribution is 5.40. The highest BCUT2D eigenvalue weighted by atomic mass is 16.5. The Balaban J connectivity index is 2.35. The second-order valence-electron chi connectivity index (χ2n) is 6.73. The molecule has 0 fully saturated rings. The minimum absolute atomic E-state index is 0.0392. The molecule has 0 saturated carbocycles. The number of ether oxygens (including phenoxy) is 1. The van der Waals surface area contributed by atoms with E-state index in [4.69, 9.17) is 4.74 Å². The van der Waals surface area contributed by atoms with Gasteiger partial charge in [0.2, 0.25) is 11.9 Å². The highest BCUT2D eigenvalue weighted by Crippen LogP contribution is 2.29. The van der Waals surface area contributed by atoms with Crippen LogP contribution in [0.4, 0.5) is 11.9 Å². The fourth-order valence-corrected chi connectivity index (χ4v) is 2.29. The van der Waals surface area contributed by atoms with E-state index in [1.54, 1.807) is 12.1 Å². The Morgan fingerprint density at radius 1 is 0.821 bits per heavy atom. The molecule has 2 aromatic rings. The van der Waals surface area contributed by atoms with Crippen molar-refractivity contribution in [2.45, 2.75) is 32.6 Å². The fraction of sp³-hybridized carbons (Fsp3) is 0.500. The van der Waals surface area contributed by atoms with Crippen molar-refractivity contribution in [3.63, 3.8) is 0 Å². The Labute approximate surface area is 163 Å². The average molecular weight is 393 g/mol. The van der Waals surface area contributed by atoms with Crippen LogP contribution >= 0.6 is 0 Å². The molecule has 28 heavy (non-hydrogen) atoms. The number of aromatic nitrogens is 3. The number of hydrogen-bond acceptors (Lipinski definition) is 10. The Bertz CT molecular complexity index is 718. The second kappa shape index (κ2) is 9.60. The molecule has 0 amide bonds. The zero-order valence-electron chi connectivity index (χ0n) is 16.3. The first-order valence-corrected chi connectivity index (χ1v) is 8.86. The molecule has 0 bridgehead atoms. The Hall–Kier alpha value is -2.53. The lowest BCUT2D eigenvalue weighted by Crippen LogP contribution is -2.31. The average Bonchev–Trinajstić information content (AvgIpc) is 2.70. The first kappa shape index (κ1) is 21.8. The normalized spacial score (nSPS) is 11.4.